The maximum absolute atomic E-state index is 12.7. The largest absolute Gasteiger partial charge is 0.504 e. The van der Waals surface area contributed by atoms with Gasteiger partial charge in [0.1, 0.15) is 0 Å². The highest BCUT2D eigenvalue weighted by atomic mass is 127. The molecule has 0 spiro atoms. The highest BCUT2D eigenvalue weighted by Crippen LogP contribution is 2.34. The third kappa shape index (κ3) is 3.53. The van der Waals surface area contributed by atoms with Gasteiger partial charge in [-0.3, -0.25) is 4.79 Å². The van der Waals surface area contributed by atoms with Crippen LogP contribution in [0.3, 0.4) is 0 Å². The van der Waals surface area contributed by atoms with E-state index in [0.717, 1.165) is 11.3 Å². The normalized spacial score (nSPS) is 15.6. The zero-order chi connectivity index (χ0) is 18.0. The van der Waals surface area contributed by atoms with Gasteiger partial charge in [-0.05, 0) is 72.3 Å². The van der Waals surface area contributed by atoms with Crippen LogP contribution in [0.2, 0.25) is 0 Å². The maximum atomic E-state index is 12.7. The van der Waals surface area contributed by atoms with Crippen LogP contribution in [0.4, 0.5) is 5.69 Å². The Balaban J connectivity index is 1.97. The zero-order valence-electron chi connectivity index (χ0n) is 13.9. The predicted octanol–water partition coefficient (Wildman–Crippen LogP) is 4.20. The molecule has 1 aliphatic heterocycles. The number of hydrazone groups is 1. The highest BCUT2D eigenvalue weighted by Gasteiger charge is 2.28. The molecule has 0 radical (unpaired) electrons. The van der Waals surface area contributed by atoms with Gasteiger partial charge in [-0.1, -0.05) is 18.2 Å². The molecule has 0 atom stereocenters. The van der Waals surface area contributed by atoms with E-state index in [1.165, 1.54) is 5.01 Å². The number of carbonyl (C=O) groups is 1. The molecule has 128 valence electrons. The van der Waals surface area contributed by atoms with Gasteiger partial charge in [0.25, 0.3) is 5.91 Å². The minimum Gasteiger partial charge on any atom is -0.504 e. The first-order chi connectivity index (χ1) is 12.0. The predicted molar refractivity (Wildman–Crippen MR) is 107 cm³/mol. The second-order valence-corrected chi connectivity index (χ2v) is 6.64. The molecule has 1 aliphatic rings. The molecule has 2 aromatic carbocycles. The Bertz CT molecular complexity index is 876. The molecule has 3 rings (SSSR count). The number of rotatable bonds is 4. The summed E-state index contributed by atoms with van der Waals surface area (Å²) < 4.78 is 6.12. The van der Waals surface area contributed by atoms with Gasteiger partial charge in [0.05, 0.1) is 27.1 Å². The summed E-state index contributed by atoms with van der Waals surface area (Å²) in [5.41, 5.74) is 2.67. The summed E-state index contributed by atoms with van der Waals surface area (Å²) >= 11 is 2.04. The number of anilines is 1. The van der Waals surface area contributed by atoms with Crippen LogP contribution in [0.5, 0.6) is 11.5 Å². The number of nitrogens with zero attached hydrogens (tertiary/aromatic N) is 2. The summed E-state index contributed by atoms with van der Waals surface area (Å²) in [6, 6.07) is 12.8. The molecule has 0 aliphatic carbocycles. The lowest BCUT2D eigenvalue weighted by Gasteiger charge is -2.11. The number of amides is 1. The van der Waals surface area contributed by atoms with E-state index >= 15 is 0 Å². The van der Waals surface area contributed by atoms with E-state index in [9.17, 15) is 9.90 Å². The number of para-hydroxylation sites is 1. The van der Waals surface area contributed by atoms with E-state index < -0.39 is 0 Å². The molecule has 1 heterocycles. The standard InChI is InChI=1S/C19H17IN2O3/c1-3-25-17-11-13(10-16(20)18(17)23)9-15-12(2)21-22(19(15)24)14-7-5-4-6-8-14/h4-11,23H,3H2,1-2H3/b15-9+. The number of hydrogen-bond donors (Lipinski definition) is 1. The van der Waals surface area contributed by atoms with Crippen molar-refractivity contribution in [1.29, 1.82) is 0 Å². The van der Waals surface area contributed by atoms with Crippen molar-refractivity contribution in [2.24, 2.45) is 5.10 Å². The van der Waals surface area contributed by atoms with Crippen LogP contribution in [0.25, 0.3) is 6.08 Å². The number of carbonyl (C=O) groups excluding carboxylic acids is 1. The molecular weight excluding hydrogens is 431 g/mol. The molecule has 2 aromatic rings. The second-order valence-electron chi connectivity index (χ2n) is 5.48. The molecule has 5 nitrogen and oxygen atoms in total. The Morgan fingerprint density at radius 3 is 2.68 bits per heavy atom. The van der Waals surface area contributed by atoms with E-state index in [-0.39, 0.29) is 11.7 Å². The van der Waals surface area contributed by atoms with Gasteiger partial charge in [-0.2, -0.15) is 10.1 Å². The van der Waals surface area contributed by atoms with Gasteiger partial charge in [-0.15, -0.1) is 0 Å². The van der Waals surface area contributed by atoms with E-state index in [2.05, 4.69) is 5.10 Å². The van der Waals surface area contributed by atoms with Crippen LogP contribution in [0.1, 0.15) is 19.4 Å². The average molecular weight is 448 g/mol. The molecule has 0 aromatic heterocycles. The number of ether oxygens (including phenoxy) is 1. The fourth-order valence-electron chi connectivity index (χ4n) is 2.54. The van der Waals surface area contributed by atoms with Crippen molar-refractivity contribution in [3.05, 3.63) is 57.2 Å². The number of phenolic OH excluding ortho intramolecular Hbond substituents is 1. The number of hydrogen-bond acceptors (Lipinski definition) is 4. The molecule has 0 bridgehead atoms. The Morgan fingerprint density at radius 1 is 1.28 bits per heavy atom. The van der Waals surface area contributed by atoms with E-state index in [1.807, 2.05) is 66.8 Å². The van der Waals surface area contributed by atoms with Gasteiger partial charge in [0.2, 0.25) is 0 Å². The molecule has 0 unspecified atom stereocenters. The van der Waals surface area contributed by atoms with Crippen LogP contribution in [0.15, 0.2) is 53.1 Å². The van der Waals surface area contributed by atoms with Crippen molar-refractivity contribution in [2.45, 2.75) is 13.8 Å². The summed E-state index contributed by atoms with van der Waals surface area (Å²) in [5.74, 6) is 0.338. The SMILES string of the molecule is CCOc1cc(/C=C2/C(=O)N(c3ccccc3)N=C2C)cc(I)c1O. The Morgan fingerprint density at radius 2 is 2.00 bits per heavy atom. The number of phenols is 1. The molecule has 1 amide bonds. The van der Waals surface area contributed by atoms with E-state index in [0.29, 0.717) is 27.2 Å². The molecule has 1 N–H and O–H groups in total. The van der Waals surface area contributed by atoms with Crippen LogP contribution < -0.4 is 9.75 Å². The fourth-order valence-corrected chi connectivity index (χ4v) is 3.16. The first-order valence-electron chi connectivity index (χ1n) is 7.83. The summed E-state index contributed by atoms with van der Waals surface area (Å²) in [4.78, 5) is 12.7. The van der Waals surface area contributed by atoms with Crippen LogP contribution in [-0.4, -0.2) is 23.3 Å². The summed E-state index contributed by atoms with van der Waals surface area (Å²) in [6.07, 6.45) is 1.77. The zero-order valence-corrected chi connectivity index (χ0v) is 16.0. The summed E-state index contributed by atoms with van der Waals surface area (Å²) in [5, 5.41) is 15.8. The monoisotopic (exact) mass is 448 g/mol. The number of benzene rings is 2. The van der Waals surface area contributed by atoms with E-state index in [4.69, 9.17) is 4.74 Å². The van der Waals surface area contributed by atoms with Crippen molar-refractivity contribution < 1.29 is 14.6 Å². The lowest BCUT2D eigenvalue weighted by Crippen LogP contribution is -2.21. The topological polar surface area (TPSA) is 62.1 Å². The van der Waals surface area contributed by atoms with Crippen molar-refractivity contribution in [3.8, 4) is 11.5 Å². The van der Waals surface area contributed by atoms with Crippen molar-refractivity contribution >= 4 is 46.0 Å². The Kier molecular flexibility index (Phi) is 5.08. The van der Waals surface area contributed by atoms with Gasteiger partial charge in [0, 0.05) is 0 Å². The van der Waals surface area contributed by atoms with Crippen LogP contribution >= 0.6 is 22.6 Å². The smallest absolute Gasteiger partial charge is 0.280 e. The summed E-state index contributed by atoms with van der Waals surface area (Å²) in [6.45, 7) is 4.11. The van der Waals surface area contributed by atoms with Gasteiger partial charge < -0.3 is 9.84 Å². The van der Waals surface area contributed by atoms with Gasteiger partial charge in [0.15, 0.2) is 11.5 Å². The van der Waals surface area contributed by atoms with Crippen LogP contribution in [0, 0.1) is 3.57 Å². The molecule has 6 heteroatoms. The number of aromatic hydroxyl groups is 1. The lowest BCUT2D eigenvalue weighted by molar-refractivity contribution is -0.114. The van der Waals surface area contributed by atoms with Gasteiger partial charge >= 0.3 is 0 Å². The Labute approximate surface area is 159 Å². The average Bonchev–Trinajstić information content (AvgIpc) is 2.88. The second kappa shape index (κ2) is 7.26. The quantitative estimate of drug-likeness (QED) is 0.564. The first-order valence-corrected chi connectivity index (χ1v) is 8.91. The molecule has 0 saturated heterocycles. The maximum Gasteiger partial charge on any atom is 0.280 e. The minimum absolute atomic E-state index is 0.110. The first kappa shape index (κ1) is 17.5. The van der Waals surface area contributed by atoms with Crippen LogP contribution in [-0.2, 0) is 4.79 Å². The molecule has 25 heavy (non-hydrogen) atoms. The van der Waals surface area contributed by atoms with Crippen molar-refractivity contribution in [3.63, 3.8) is 0 Å². The van der Waals surface area contributed by atoms with Gasteiger partial charge in [-0.25, -0.2) is 0 Å². The third-order valence-electron chi connectivity index (χ3n) is 3.72. The minimum atomic E-state index is -0.176. The highest BCUT2D eigenvalue weighted by molar-refractivity contribution is 14.1. The fraction of sp³-hybridized carbons (Fsp3) is 0.158. The van der Waals surface area contributed by atoms with E-state index in [1.54, 1.807) is 18.2 Å². The molecular formula is C19H17IN2O3. The summed E-state index contributed by atoms with van der Waals surface area (Å²) in [7, 11) is 0. The molecule has 0 saturated carbocycles. The molecule has 0 fully saturated rings. The van der Waals surface area contributed by atoms with Crippen molar-refractivity contribution in [1.82, 2.24) is 0 Å². The third-order valence-corrected chi connectivity index (χ3v) is 4.55. The number of halogens is 1. The Hall–Kier alpha value is -2.35. The van der Waals surface area contributed by atoms with Crippen molar-refractivity contribution in [2.75, 3.05) is 11.6 Å². The lowest BCUT2D eigenvalue weighted by atomic mass is 10.1.